The lowest BCUT2D eigenvalue weighted by Gasteiger charge is -2.44. The van der Waals surface area contributed by atoms with E-state index in [4.69, 9.17) is 21.4 Å². The van der Waals surface area contributed by atoms with Crippen molar-refractivity contribution in [3.05, 3.63) is 92.7 Å². The monoisotopic (exact) mass is 497 g/mol. The summed E-state index contributed by atoms with van der Waals surface area (Å²) >= 11 is 9.78. The molecule has 3 aliphatic heterocycles. The SMILES string of the molecule is O=C1Nc2ccc(Br)cc2C12Oc1ccc(Cl)cc1C1CC(c3ccc(F)cc3)=NN12. The Labute approximate surface area is 190 Å². The standard InChI is InChI=1S/C23H14BrClFN3O2/c24-13-3-7-18-17(9-13)23(22(30)27-18)29-20(16-10-14(25)4-8-21(16)31-23)11-19(28-29)12-1-5-15(26)6-2-12/h1-10,20H,11H2,(H,27,30). The molecule has 2 atom stereocenters. The number of hydrogen-bond donors (Lipinski definition) is 1. The van der Waals surface area contributed by atoms with Crippen LogP contribution in [0.2, 0.25) is 5.02 Å². The molecule has 3 aromatic rings. The number of halogens is 3. The average Bonchev–Trinajstić information content (AvgIpc) is 3.31. The summed E-state index contributed by atoms with van der Waals surface area (Å²) < 4.78 is 20.7. The van der Waals surface area contributed by atoms with Crippen molar-refractivity contribution in [1.82, 2.24) is 5.01 Å². The second-order valence-electron chi connectivity index (χ2n) is 7.69. The zero-order valence-corrected chi connectivity index (χ0v) is 18.2. The predicted octanol–water partition coefficient (Wildman–Crippen LogP) is 5.59. The zero-order valence-electron chi connectivity index (χ0n) is 15.9. The molecule has 1 N–H and O–H groups in total. The van der Waals surface area contributed by atoms with Crippen LogP contribution >= 0.6 is 27.5 Å². The molecule has 1 spiro atoms. The van der Waals surface area contributed by atoms with Crippen LogP contribution in [0.3, 0.4) is 0 Å². The number of fused-ring (bicyclic) bond motifs is 6. The van der Waals surface area contributed by atoms with Gasteiger partial charge in [0.05, 0.1) is 23.0 Å². The van der Waals surface area contributed by atoms with Gasteiger partial charge in [0, 0.05) is 21.5 Å². The molecule has 3 aliphatic rings. The van der Waals surface area contributed by atoms with Crippen LogP contribution in [0.1, 0.15) is 29.2 Å². The molecule has 8 heteroatoms. The number of amides is 1. The fourth-order valence-electron chi connectivity index (χ4n) is 4.50. The van der Waals surface area contributed by atoms with Crippen LogP contribution in [0.25, 0.3) is 0 Å². The van der Waals surface area contributed by atoms with Gasteiger partial charge in [-0.15, -0.1) is 0 Å². The Morgan fingerprint density at radius 2 is 1.97 bits per heavy atom. The van der Waals surface area contributed by atoms with Crippen molar-refractivity contribution in [2.75, 3.05) is 5.32 Å². The number of benzene rings is 3. The molecular weight excluding hydrogens is 485 g/mol. The minimum Gasteiger partial charge on any atom is -0.453 e. The maximum atomic E-state index is 13.5. The maximum absolute atomic E-state index is 13.5. The molecule has 0 aliphatic carbocycles. The first-order valence-electron chi connectivity index (χ1n) is 9.68. The largest absolute Gasteiger partial charge is 0.453 e. The zero-order chi connectivity index (χ0) is 21.3. The number of hydrogen-bond acceptors (Lipinski definition) is 4. The number of ether oxygens (including phenoxy) is 1. The van der Waals surface area contributed by atoms with Gasteiger partial charge in [-0.1, -0.05) is 39.7 Å². The Morgan fingerprint density at radius 3 is 2.77 bits per heavy atom. The van der Waals surface area contributed by atoms with Crippen molar-refractivity contribution < 1.29 is 13.9 Å². The third-order valence-corrected chi connectivity index (χ3v) is 6.63. The molecule has 5 nitrogen and oxygen atoms in total. The lowest BCUT2D eigenvalue weighted by Crippen LogP contribution is -2.55. The maximum Gasteiger partial charge on any atom is 0.306 e. The van der Waals surface area contributed by atoms with Crippen LogP contribution in [0.4, 0.5) is 10.1 Å². The van der Waals surface area contributed by atoms with E-state index in [2.05, 4.69) is 21.2 Å². The van der Waals surface area contributed by atoms with Gasteiger partial charge in [-0.3, -0.25) is 4.79 Å². The van der Waals surface area contributed by atoms with Crippen molar-refractivity contribution in [3.63, 3.8) is 0 Å². The van der Waals surface area contributed by atoms with Gasteiger partial charge in [-0.25, -0.2) is 9.40 Å². The van der Waals surface area contributed by atoms with Crippen LogP contribution in [0, 0.1) is 5.82 Å². The highest BCUT2D eigenvalue weighted by Crippen LogP contribution is 2.54. The van der Waals surface area contributed by atoms with Crippen molar-refractivity contribution >= 4 is 44.8 Å². The molecule has 0 saturated heterocycles. The smallest absolute Gasteiger partial charge is 0.306 e. The molecule has 154 valence electrons. The van der Waals surface area contributed by atoms with E-state index in [-0.39, 0.29) is 17.8 Å². The van der Waals surface area contributed by atoms with Gasteiger partial charge in [0.15, 0.2) is 0 Å². The molecule has 3 aromatic carbocycles. The topological polar surface area (TPSA) is 53.9 Å². The molecule has 31 heavy (non-hydrogen) atoms. The lowest BCUT2D eigenvalue weighted by atomic mass is 9.92. The first-order valence-corrected chi connectivity index (χ1v) is 10.9. The summed E-state index contributed by atoms with van der Waals surface area (Å²) in [5.74, 6) is -0.0366. The van der Waals surface area contributed by atoms with Crippen LogP contribution in [0.15, 0.2) is 70.2 Å². The molecule has 0 fully saturated rings. The number of nitrogens with one attached hydrogen (secondary N) is 1. The van der Waals surface area contributed by atoms with Crippen molar-refractivity contribution in [2.45, 2.75) is 18.2 Å². The highest BCUT2D eigenvalue weighted by atomic mass is 79.9. The van der Waals surface area contributed by atoms with E-state index in [1.807, 2.05) is 24.3 Å². The Morgan fingerprint density at radius 1 is 1.16 bits per heavy atom. The summed E-state index contributed by atoms with van der Waals surface area (Å²) in [5, 5.41) is 10.1. The normalized spacial score (nSPS) is 23.1. The number of carbonyl (C=O) groups is 1. The van der Waals surface area contributed by atoms with E-state index < -0.39 is 5.72 Å². The highest BCUT2D eigenvalue weighted by Gasteiger charge is 2.61. The minimum absolute atomic E-state index is 0.266. The second kappa shape index (κ2) is 6.55. The Hall–Kier alpha value is -2.90. The van der Waals surface area contributed by atoms with Gasteiger partial charge < -0.3 is 10.1 Å². The fourth-order valence-corrected chi connectivity index (χ4v) is 5.04. The van der Waals surface area contributed by atoms with Crippen LogP contribution in [-0.2, 0) is 10.5 Å². The second-order valence-corrected chi connectivity index (χ2v) is 9.04. The molecule has 1 amide bonds. The average molecular weight is 499 g/mol. The molecule has 2 unspecified atom stereocenters. The summed E-state index contributed by atoms with van der Waals surface area (Å²) in [6, 6.07) is 16.9. The first-order chi connectivity index (χ1) is 15.0. The highest BCUT2D eigenvalue weighted by molar-refractivity contribution is 9.10. The van der Waals surface area contributed by atoms with Crippen LogP contribution < -0.4 is 10.1 Å². The number of hydrazone groups is 1. The van der Waals surface area contributed by atoms with Gasteiger partial charge in [0.2, 0.25) is 0 Å². The van der Waals surface area contributed by atoms with Crippen LogP contribution in [-0.4, -0.2) is 16.6 Å². The van der Waals surface area contributed by atoms with Crippen molar-refractivity contribution in [3.8, 4) is 5.75 Å². The molecule has 0 bridgehead atoms. The summed E-state index contributed by atoms with van der Waals surface area (Å²) in [7, 11) is 0. The van der Waals surface area contributed by atoms with Gasteiger partial charge in [-0.05, 0) is 54.1 Å². The van der Waals surface area contributed by atoms with E-state index in [9.17, 15) is 9.18 Å². The first kappa shape index (κ1) is 18.8. The van der Waals surface area contributed by atoms with E-state index in [1.54, 1.807) is 29.3 Å². The van der Waals surface area contributed by atoms with Crippen molar-refractivity contribution in [2.24, 2.45) is 5.10 Å². The summed E-state index contributed by atoms with van der Waals surface area (Å²) in [4.78, 5) is 13.4. The van der Waals surface area contributed by atoms with E-state index in [0.29, 0.717) is 28.4 Å². The predicted molar refractivity (Wildman–Crippen MR) is 119 cm³/mol. The minimum atomic E-state index is -1.45. The third-order valence-electron chi connectivity index (χ3n) is 5.90. The van der Waals surface area contributed by atoms with Gasteiger partial charge >= 0.3 is 5.72 Å². The summed E-state index contributed by atoms with van der Waals surface area (Å²) in [6.07, 6.45) is 0.528. The third kappa shape index (κ3) is 2.66. The molecule has 3 heterocycles. The number of carbonyl (C=O) groups excluding carboxylic acids is 1. The molecule has 0 aromatic heterocycles. The van der Waals surface area contributed by atoms with Crippen molar-refractivity contribution in [1.29, 1.82) is 0 Å². The lowest BCUT2D eigenvalue weighted by molar-refractivity contribution is -0.161. The van der Waals surface area contributed by atoms with E-state index >= 15 is 0 Å². The van der Waals surface area contributed by atoms with Gasteiger partial charge in [0.1, 0.15) is 11.6 Å². The summed E-state index contributed by atoms with van der Waals surface area (Å²) in [6.45, 7) is 0. The number of rotatable bonds is 1. The Bertz CT molecular complexity index is 1300. The van der Waals surface area contributed by atoms with Crippen LogP contribution in [0.5, 0.6) is 5.75 Å². The molecule has 0 saturated carbocycles. The Balaban J connectivity index is 1.58. The van der Waals surface area contributed by atoms with Gasteiger partial charge in [-0.2, -0.15) is 5.10 Å². The van der Waals surface area contributed by atoms with Gasteiger partial charge in [0.25, 0.3) is 5.91 Å². The Kier molecular flexibility index (Phi) is 3.98. The quantitative estimate of drug-likeness (QED) is 0.476. The molecular formula is C23H14BrClFN3O2. The number of nitrogens with zero attached hydrogens (tertiary/aromatic N) is 2. The number of anilines is 1. The van der Waals surface area contributed by atoms with E-state index in [1.165, 1.54) is 12.1 Å². The fraction of sp³-hybridized carbons (Fsp3) is 0.130. The van der Waals surface area contributed by atoms with E-state index in [0.717, 1.165) is 21.3 Å². The molecule has 0 radical (unpaired) electrons. The summed E-state index contributed by atoms with van der Waals surface area (Å²) in [5.41, 5.74) is 2.30. The molecule has 6 rings (SSSR count).